The van der Waals surface area contributed by atoms with Crippen LogP contribution in [0.2, 0.25) is 0 Å². The quantitative estimate of drug-likeness (QED) is 0.469. The van der Waals surface area contributed by atoms with E-state index in [9.17, 15) is 19.2 Å². The summed E-state index contributed by atoms with van der Waals surface area (Å²) in [6.07, 6.45) is 0. The zero-order chi connectivity index (χ0) is 20.3. The maximum atomic E-state index is 11.7. The van der Waals surface area contributed by atoms with Gasteiger partial charge in [0.1, 0.15) is 0 Å². The minimum absolute atomic E-state index is 0.190. The second-order valence-corrected chi connectivity index (χ2v) is 7.58. The fourth-order valence-corrected chi connectivity index (χ4v) is 3.76. The second kappa shape index (κ2) is 8.79. The van der Waals surface area contributed by atoms with Gasteiger partial charge in [-0.3, -0.25) is 29.0 Å². The van der Waals surface area contributed by atoms with Crippen molar-refractivity contribution in [1.82, 2.24) is 9.80 Å². The number of halogens is 2. The Kier molecular flexibility index (Phi) is 6.41. The van der Waals surface area contributed by atoms with Gasteiger partial charge in [0.2, 0.25) is 0 Å². The molecule has 4 rings (SSSR count). The van der Waals surface area contributed by atoms with Crippen LogP contribution in [0.1, 0.15) is 41.4 Å². The van der Waals surface area contributed by atoms with E-state index in [0.717, 1.165) is 0 Å². The summed E-state index contributed by atoms with van der Waals surface area (Å²) in [4.78, 5) is 49.3. The van der Waals surface area contributed by atoms with E-state index in [-0.39, 0.29) is 23.6 Å². The van der Waals surface area contributed by atoms with Crippen LogP contribution in [0, 0.1) is 0 Å². The molecule has 0 N–H and O–H groups in total. The van der Waals surface area contributed by atoms with Gasteiger partial charge in [-0.2, -0.15) is 0 Å². The molecule has 6 nitrogen and oxygen atoms in total. The van der Waals surface area contributed by atoms with Crippen molar-refractivity contribution in [2.75, 3.05) is 23.7 Å². The average Bonchev–Trinajstić information content (AvgIpc) is 3.11. The molecule has 8 heteroatoms. The number of benzene rings is 2. The fraction of sp³-hybridized carbons (Fsp3) is 0.200. The van der Waals surface area contributed by atoms with Crippen molar-refractivity contribution in [3.8, 4) is 0 Å². The molecule has 28 heavy (non-hydrogen) atoms. The number of imide groups is 2. The standard InChI is InChI=1S/2C10H8BrNO2/c2*11-5-6-12-9(13)7-3-1-2-4-8(7)10(12)14/h2*1-4H,5-6H2. The molecule has 0 saturated heterocycles. The van der Waals surface area contributed by atoms with Crippen molar-refractivity contribution < 1.29 is 19.2 Å². The van der Waals surface area contributed by atoms with Crippen molar-refractivity contribution in [1.29, 1.82) is 0 Å². The third-order valence-electron chi connectivity index (χ3n) is 4.37. The molecule has 2 aromatic rings. The van der Waals surface area contributed by atoms with Crippen LogP contribution in [0.4, 0.5) is 0 Å². The highest BCUT2D eigenvalue weighted by Crippen LogP contribution is 2.23. The maximum absolute atomic E-state index is 11.7. The highest BCUT2D eigenvalue weighted by atomic mass is 79.9. The molecule has 0 fully saturated rings. The Morgan fingerprint density at radius 3 is 1.00 bits per heavy atom. The average molecular weight is 508 g/mol. The summed E-state index contributed by atoms with van der Waals surface area (Å²) in [5.41, 5.74) is 2.05. The van der Waals surface area contributed by atoms with Gasteiger partial charge in [0.25, 0.3) is 23.6 Å². The zero-order valence-corrected chi connectivity index (χ0v) is 17.9. The van der Waals surface area contributed by atoms with Crippen LogP contribution in [-0.4, -0.2) is 57.2 Å². The van der Waals surface area contributed by atoms with Crippen LogP contribution in [-0.2, 0) is 0 Å². The van der Waals surface area contributed by atoms with Crippen LogP contribution in [0.25, 0.3) is 0 Å². The van der Waals surface area contributed by atoms with Gasteiger partial charge in [0.05, 0.1) is 22.3 Å². The highest BCUT2D eigenvalue weighted by molar-refractivity contribution is 9.09. The van der Waals surface area contributed by atoms with Gasteiger partial charge in [-0.1, -0.05) is 56.1 Å². The molecule has 2 aliphatic heterocycles. The first-order chi connectivity index (χ1) is 13.5. The molecule has 0 radical (unpaired) electrons. The lowest BCUT2D eigenvalue weighted by Gasteiger charge is -2.10. The number of hydrogen-bond acceptors (Lipinski definition) is 4. The van der Waals surface area contributed by atoms with E-state index in [2.05, 4.69) is 31.9 Å². The summed E-state index contributed by atoms with van der Waals surface area (Å²) in [5, 5.41) is 1.22. The van der Waals surface area contributed by atoms with E-state index >= 15 is 0 Å². The van der Waals surface area contributed by atoms with Crippen LogP contribution >= 0.6 is 31.9 Å². The fourth-order valence-electron chi connectivity index (χ4n) is 3.05. The van der Waals surface area contributed by atoms with E-state index < -0.39 is 0 Å². The third kappa shape index (κ3) is 3.66. The molecule has 144 valence electrons. The molecule has 2 heterocycles. The van der Waals surface area contributed by atoms with Crippen LogP contribution in [0.15, 0.2) is 48.5 Å². The van der Waals surface area contributed by atoms with Crippen molar-refractivity contribution in [3.05, 3.63) is 70.8 Å². The molecule has 0 spiro atoms. The van der Waals surface area contributed by atoms with Gasteiger partial charge in [-0.15, -0.1) is 0 Å². The Balaban J connectivity index is 0.000000161. The summed E-state index contributed by atoms with van der Waals surface area (Å²) in [6, 6.07) is 13.8. The maximum Gasteiger partial charge on any atom is 0.261 e. The van der Waals surface area contributed by atoms with Gasteiger partial charge in [0, 0.05) is 23.7 Å². The number of carbonyl (C=O) groups excluding carboxylic acids is 4. The SMILES string of the molecule is O=C1c2ccccc2C(=O)N1CCBr.O=C1c2ccccc2C(=O)N1CCBr. The molecule has 0 atom stereocenters. The monoisotopic (exact) mass is 506 g/mol. The molecule has 0 aromatic heterocycles. The number of hydrogen-bond donors (Lipinski definition) is 0. The number of fused-ring (bicyclic) bond motifs is 2. The summed E-state index contributed by atoms with van der Waals surface area (Å²) in [5.74, 6) is -0.759. The summed E-state index contributed by atoms with van der Waals surface area (Å²) in [7, 11) is 0. The van der Waals surface area contributed by atoms with Gasteiger partial charge in [-0.05, 0) is 24.3 Å². The van der Waals surface area contributed by atoms with E-state index in [1.54, 1.807) is 48.5 Å². The Hall–Kier alpha value is -2.32. The number of carbonyl (C=O) groups is 4. The first-order valence-corrected chi connectivity index (χ1v) is 10.8. The van der Waals surface area contributed by atoms with E-state index in [0.29, 0.717) is 46.0 Å². The molecule has 4 amide bonds. The van der Waals surface area contributed by atoms with Gasteiger partial charge >= 0.3 is 0 Å². The van der Waals surface area contributed by atoms with Crippen LogP contribution in [0.5, 0.6) is 0 Å². The molecule has 0 saturated carbocycles. The molecule has 2 aliphatic rings. The first-order valence-electron chi connectivity index (χ1n) is 8.53. The van der Waals surface area contributed by atoms with Crippen molar-refractivity contribution in [2.24, 2.45) is 0 Å². The normalized spacial score (nSPS) is 14.8. The topological polar surface area (TPSA) is 74.8 Å². The van der Waals surface area contributed by atoms with Crippen LogP contribution < -0.4 is 0 Å². The Morgan fingerprint density at radius 2 is 0.786 bits per heavy atom. The number of amides is 4. The predicted molar refractivity (Wildman–Crippen MR) is 111 cm³/mol. The molecule has 0 bridgehead atoms. The zero-order valence-electron chi connectivity index (χ0n) is 14.7. The largest absolute Gasteiger partial charge is 0.273 e. The Bertz CT molecular complexity index is 813. The molecule has 2 aromatic carbocycles. The summed E-state index contributed by atoms with van der Waals surface area (Å²) >= 11 is 6.43. The molecule has 0 aliphatic carbocycles. The van der Waals surface area contributed by atoms with Gasteiger partial charge in [-0.25, -0.2) is 0 Å². The van der Waals surface area contributed by atoms with E-state index in [1.165, 1.54) is 9.80 Å². The van der Waals surface area contributed by atoms with Gasteiger partial charge < -0.3 is 0 Å². The van der Waals surface area contributed by atoms with E-state index in [4.69, 9.17) is 0 Å². The highest BCUT2D eigenvalue weighted by Gasteiger charge is 2.35. The molecular formula is C20H16Br2N2O4. The van der Waals surface area contributed by atoms with Gasteiger partial charge in [0.15, 0.2) is 0 Å². The minimum Gasteiger partial charge on any atom is -0.273 e. The minimum atomic E-state index is -0.190. The number of alkyl halides is 2. The lowest BCUT2D eigenvalue weighted by atomic mass is 10.1. The predicted octanol–water partition coefficient (Wildman–Crippen LogP) is 3.36. The Labute approximate surface area is 178 Å². The number of nitrogens with zero attached hydrogens (tertiary/aromatic N) is 2. The summed E-state index contributed by atoms with van der Waals surface area (Å²) in [6.45, 7) is 0.846. The Morgan fingerprint density at radius 1 is 0.536 bits per heavy atom. The van der Waals surface area contributed by atoms with Crippen LogP contribution in [0.3, 0.4) is 0 Å². The van der Waals surface area contributed by atoms with Crippen molar-refractivity contribution in [2.45, 2.75) is 0 Å². The summed E-state index contributed by atoms with van der Waals surface area (Å²) < 4.78 is 0. The van der Waals surface area contributed by atoms with Crippen molar-refractivity contribution in [3.63, 3.8) is 0 Å². The number of rotatable bonds is 4. The lowest BCUT2D eigenvalue weighted by molar-refractivity contribution is 0.0649. The smallest absolute Gasteiger partial charge is 0.261 e. The lowest BCUT2D eigenvalue weighted by Crippen LogP contribution is -2.31. The van der Waals surface area contributed by atoms with E-state index in [1.807, 2.05) is 0 Å². The van der Waals surface area contributed by atoms with Crippen molar-refractivity contribution >= 4 is 55.5 Å². The molecular weight excluding hydrogens is 492 g/mol. The first kappa shape index (κ1) is 20.4. The third-order valence-corrected chi connectivity index (χ3v) is 5.08. The second-order valence-electron chi connectivity index (χ2n) is 5.99. The molecule has 0 unspecified atom stereocenters.